The Morgan fingerprint density at radius 1 is 1.26 bits per heavy atom. The van der Waals surface area contributed by atoms with Gasteiger partial charge in [0.1, 0.15) is 5.82 Å². The van der Waals surface area contributed by atoms with Gasteiger partial charge in [-0.2, -0.15) is 0 Å². The van der Waals surface area contributed by atoms with Crippen molar-refractivity contribution in [2.45, 2.75) is 59.9 Å². The van der Waals surface area contributed by atoms with Gasteiger partial charge >= 0.3 is 0 Å². The van der Waals surface area contributed by atoms with Gasteiger partial charge in [0.15, 0.2) is 0 Å². The third kappa shape index (κ3) is 5.73. The maximum atomic E-state index is 13.4. The molecule has 0 aliphatic rings. The lowest BCUT2D eigenvalue weighted by molar-refractivity contribution is 0.332. The van der Waals surface area contributed by atoms with Gasteiger partial charge in [0, 0.05) is 6.04 Å². The predicted octanol–water partition coefficient (Wildman–Crippen LogP) is 5.00. The van der Waals surface area contributed by atoms with Crippen LogP contribution in [-0.2, 0) is 0 Å². The minimum Gasteiger partial charge on any atom is -0.310 e. The molecule has 0 fully saturated rings. The van der Waals surface area contributed by atoms with E-state index in [-0.39, 0.29) is 5.82 Å². The molecule has 0 aliphatic heterocycles. The van der Waals surface area contributed by atoms with E-state index in [1.54, 1.807) is 6.07 Å². The topological polar surface area (TPSA) is 12.0 Å². The second-order valence-electron chi connectivity index (χ2n) is 6.61. The maximum Gasteiger partial charge on any atom is 0.126 e. The van der Waals surface area contributed by atoms with Gasteiger partial charge < -0.3 is 5.32 Å². The van der Waals surface area contributed by atoms with Crippen LogP contribution in [0.2, 0.25) is 0 Å². The van der Waals surface area contributed by atoms with Crippen molar-refractivity contribution < 1.29 is 4.39 Å². The van der Waals surface area contributed by atoms with E-state index in [0.29, 0.717) is 11.5 Å². The summed E-state index contributed by atoms with van der Waals surface area (Å²) in [5.41, 5.74) is 2.27. The van der Waals surface area contributed by atoms with Gasteiger partial charge in [-0.1, -0.05) is 39.8 Å². The van der Waals surface area contributed by atoms with Crippen LogP contribution < -0.4 is 5.32 Å². The molecular formula is C17H28FN. The van der Waals surface area contributed by atoms with Crippen LogP contribution >= 0.6 is 0 Å². The van der Waals surface area contributed by atoms with Crippen LogP contribution in [0.25, 0.3) is 0 Å². The molecule has 108 valence electrons. The molecular weight excluding hydrogens is 237 g/mol. The molecule has 1 rings (SSSR count). The molecule has 0 aliphatic carbocycles. The van der Waals surface area contributed by atoms with Gasteiger partial charge in [0.25, 0.3) is 0 Å². The van der Waals surface area contributed by atoms with E-state index < -0.39 is 0 Å². The standard InChI is InChI=1S/C17H28FN/c1-6-11-19-16(9-10-17(3,4)5)14-7-8-15(18)13(2)12-14/h7-8,12,16,19H,6,9-11H2,1-5H3. The van der Waals surface area contributed by atoms with Crippen molar-refractivity contribution in [3.05, 3.63) is 35.1 Å². The van der Waals surface area contributed by atoms with Gasteiger partial charge in [0.2, 0.25) is 0 Å². The minimum atomic E-state index is -0.117. The van der Waals surface area contributed by atoms with Crippen LogP contribution in [0.3, 0.4) is 0 Å². The highest BCUT2D eigenvalue weighted by molar-refractivity contribution is 5.26. The molecule has 0 radical (unpaired) electrons. The molecule has 2 heteroatoms. The Morgan fingerprint density at radius 2 is 1.95 bits per heavy atom. The van der Waals surface area contributed by atoms with E-state index in [2.05, 4.69) is 33.0 Å². The summed E-state index contributed by atoms with van der Waals surface area (Å²) in [5, 5.41) is 3.58. The molecule has 0 spiro atoms. The van der Waals surface area contributed by atoms with E-state index in [1.807, 2.05) is 19.1 Å². The Morgan fingerprint density at radius 3 is 2.47 bits per heavy atom. The zero-order valence-corrected chi connectivity index (χ0v) is 13.0. The van der Waals surface area contributed by atoms with Crippen LogP contribution in [0.1, 0.15) is 64.1 Å². The summed E-state index contributed by atoms with van der Waals surface area (Å²) < 4.78 is 13.4. The zero-order chi connectivity index (χ0) is 14.5. The van der Waals surface area contributed by atoms with Crippen molar-refractivity contribution in [3.63, 3.8) is 0 Å². The Balaban J connectivity index is 2.79. The van der Waals surface area contributed by atoms with Gasteiger partial charge in [0.05, 0.1) is 0 Å². The average molecular weight is 265 g/mol. The summed E-state index contributed by atoms with van der Waals surface area (Å²) in [5.74, 6) is -0.117. The molecule has 0 heterocycles. The molecule has 1 aromatic rings. The fraction of sp³-hybridized carbons (Fsp3) is 0.647. The first kappa shape index (κ1) is 16.2. The molecule has 0 amide bonds. The molecule has 0 saturated heterocycles. The lowest BCUT2D eigenvalue weighted by Gasteiger charge is -2.24. The first-order chi connectivity index (χ1) is 8.83. The third-order valence-electron chi connectivity index (χ3n) is 3.41. The monoisotopic (exact) mass is 265 g/mol. The van der Waals surface area contributed by atoms with Crippen molar-refractivity contribution in [2.24, 2.45) is 5.41 Å². The van der Waals surface area contributed by atoms with Crippen LogP contribution in [0.5, 0.6) is 0 Å². The van der Waals surface area contributed by atoms with Crippen molar-refractivity contribution in [3.8, 4) is 0 Å². The molecule has 1 N–H and O–H groups in total. The molecule has 0 aromatic heterocycles. The summed E-state index contributed by atoms with van der Waals surface area (Å²) >= 11 is 0. The van der Waals surface area contributed by atoms with E-state index >= 15 is 0 Å². The zero-order valence-electron chi connectivity index (χ0n) is 13.0. The van der Waals surface area contributed by atoms with Gasteiger partial charge in [-0.05, 0) is 55.3 Å². The summed E-state index contributed by atoms with van der Waals surface area (Å²) in [6, 6.07) is 5.81. The third-order valence-corrected chi connectivity index (χ3v) is 3.41. The smallest absolute Gasteiger partial charge is 0.126 e. The number of aryl methyl sites for hydroxylation is 1. The Labute approximate surface area is 117 Å². The highest BCUT2D eigenvalue weighted by Gasteiger charge is 2.17. The summed E-state index contributed by atoms with van der Waals surface area (Å²) in [7, 11) is 0. The molecule has 1 aromatic carbocycles. The second kappa shape index (κ2) is 7.04. The molecule has 0 saturated carbocycles. The van der Waals surface area contributed by atoms with Gasteiger partial charge in [-0.25, -0.2) is 4.39 Å². The first-order valence-electron chi connectivity index (χ1n) is 7.33. The normalized spacial score (nSPS) is 13.6. The quantitative estimate of drug-likeness (QED) is 0.763. The van der Waals surface area contributed by atoms with E-state index in [4.69, 9.17) is 0 Å². The number of hydrogen-bond donors (Lipinski definition) is 1. The highest BCUT2D eigenvalue weighted by atomic mass is 19.1. The number of halogens is 1. The van der Waals surface area contributed by atoms with Crippen LogP contribution in [0.4, 0.5) is 4.39 Å². The Kier molecular flexibility index (Phi) is 5.99. The molecule has 1 nitrogen and oxygen atoms in total. The minimum absolute atomic E-state index is 0.117. The van der Waals surface area contributed by atoms with Crippen LogP contribution in [0.15, 0.2) is 18.2 Å². The van der Waals surface area contributed by atoms with E-state index in [9.17, 15) is 4.39 Å². The number of rotatable bonds is 6. The Bertz CT molecular complexity index is 393. The average Bonchev–Trinajstić information content (AvgIpc) is 2.32. The van der Waals surface area contributed by atoms with Crippen molar-refractivity contribution >= 4 is 0 Å². The maximum absolute atomic E-state index is 13.4. The van der Waals surface area contributed by atoms with E-state index in [0.717, 1.165) is 31.4 Å². The molecule has 1 unspecified atom stereocenters. The summed E-state index contributed by atoms with van der Waals surface area (Å²) in [6.45, 7) is 11.8. The largest absolute Gasteiger partial charge is 0.310 e. The van der Waals surface area contributed by atoms with E-state index in [1.165, 1.54) is 5.56 Å². The lowest BCUT2D eigenvalue weighted by atomic mass is 9.87. The van der Waals surface area contributed by atoms with Crippen molar-refractivity contribution in [1.29, 1.82) is 0 Å². The van der Waals surface area contributed by atoms with Crippen molar-refractivity contribution in [1.82, 2.24) is 5.32 Å². The second-order valence-corrected chi connectivity index (χ2v) is 6.61. The highest BCUT2D eigenvalue weighted by Crippen LogP contribution is 2.28. The number of nitrogens with one attached hydrogen (secondary N) is 1. The molecule has 19 heavy (non-hydrogen) atoms. The Hall–Kier alpha value is -0.890. The number of hydrogen-bond acceptors (Lipinski definition) is 1. The predicted molar refractivity (Wildman–Crippen MR) is 80.9 cm³/mol. The van der Waals surface area contributed by atoms with Crippen LogP contribution in [0, 0.1) is 18.2 Å². The lowest BCUT2D eigenvalue weighted by Crippen LogP contribution is -2.23. The fourth-order valence-corrected chi connectivity index (χ4v) is 2.17. The number of benzene rings is 1. The molecule has 0 bridgehead atoms. The fourth-order valence-electron chi connectivity index (χ4n) is 2.17. The SMILES string of the molecule is CCCNC(CCC(C)(C)C)c1ccc(F)c(C)c1. The van der Waals surface area contributed by atoms with Gasteiger partial charge in [-0.3, -0.25) is 0 Å². The summed E-state index contributed by atoms with van der Waals surface area (Å²) in [6.07, 6.45) is 3.37. The van der Waals surface area contributed by atoms with Crippen LogP contribution in [-0.4, -0.2) is 6.54 Å². The van der Waals surface area contributed by atoms with Crippen molar-refractivity contribution in [2.75, 3.05) is 6.54 Å². The summed E-state index contributed by atoms with van der Waals surface area (Å²) in [4.78, 5) is 0. The first-order valence-corrected chi connectivity index (χ1v) is 7.33. The van der Waals surface area contributed by atoms with Gasteiger partial charge in [-0.15, -0.1) is 0 Å². The molecule has 1 atom stereocenters.